The van der Waals surface area contributed by atoms with Crippen LogP contribution >= 0.6 is 0 Å². The first kappa shape index (κ1) is 18.1. The van der Waals surface area contributed by atoms with Gasteiger partial charge in [-0.1, -0.05) is 6.92 Å². The minimum Gasteiger partial charge on any atom is -0.368 e. The molecule has 1 amide bonds. The maximum atomic E-state index is 11.7. The molecule has 26 heavy (non-hydrogen) atoms. The van der Waals surface area contributed by atoms with Gasteiger partial charge in [-0.25, -0.2) is 0 Å². The normalized spacial score (nSPS) is 20.2. The summed E-state index contributed by atoms with van der Waals surface area (Å²) < 4.78 is 0. The third-order valence-corrected chi connectivity index (χ3v) is 5.00. The lowest BCUT2D eigenvalue weighted by Gasteiger charge is -2.41. The molecule has 2 aromatic rings. The average molecular weight is 352 g/mol. The second-order valence-electron chi connectivity index (χ2n) is 6.99. The summed E-state index contributed by atoms with van der Waals surface area (Å²) in [6, 6.07) is 6.24. The molecule has 1 N–H and O–H groups in total. The number of nitriles is 1. The first-order chi connectivity index (χ1) is 12.5. The quantitative estimate of drug-likeness (QED) is 0.895. The van der Waals surface area contributed by atoms with Gasteiger partial charge < -0.3 is 10.2 Å². The number of carbonyl (C=O) groups excluding carboxylic acids is 1. The summed E-state index contributed by atoms with van der Waals surface area (Å²) in [5.74, 6) is 0.509. The van der Waals surface area contributed by atoms with Gasteiger partial charge in [-0.15, -0.1) is 0 Å². The van der Waals surface area contributed by atoms with Crippen LogP contribution in [0.5, 0.6) is 0 Å². The highest BCUT2D eigenvalue weighted by Gasteiger charge is 2.29. The second kappa shape index (κ2) is 7.67. The van der Waals surface area contributed by atoms with E-state index in [0.29, 0.717) is 23.5 Å². The molecule has 2 atom stereocenters. The molecule has 3 rings (SSSR count). The monoisotopic (exact) mass is 352 g/mol. The first-order valence-electron chi connectivity index (χ1n) is 8.83. The van der Waals surface area contributed by atoms with E-state index in [1.165, 1.54) is 0 Å². The van der Waals surface area contributed by atoms with E-state index in [4.69, 9.17) is 0 Å². The van der Waals surface area contributed by atoms with Gasteiger partial charge in [0.05, 0.1) is 17.8 Å². The number of benzene rings is 1. The predicted octanol–water partition coefficient (Wildman–Crippen LogP) is 1.39. The van der Waals surface area contributed by atoms with Crippen LogP contribution in [0.1, 0.15) is 18.9 Å². The molecule has 1 aromatic heterocycles. The Labute approximate surface area is 153 Å². The fourth-order valence-corrected chi connectivity index (χ4v) is 3.66. The van der Waals surface area contributed by atoms with Crippen molar-refractivity contribution in [2.45, 2.75) is 19.4 Å². The summed E-state index contributed by atoms with van der Waals surface area (Å²) in [4.78, 5) is 25.0. The van der Waals surface area contributed by atoms with Crippen molar-refractivity contribution < 1.29 is 4.79 Å². The zero-order chi connectivity index (χ0) is 18.7. The molecule has 1 fully saturated rings. The summed E-state index contributed by atoms with van der Waals surface area (Å²) in [6.45, 7) is 4.34. The van der Waals surface area contributed by atoms with E-state index < -0.39 is 0 Å². The molecule has 1 aromatic carbocycles. The van der Waals surface area contributed by atoms with E-state index in [2.05, 4.69) is 38.1 Å². The summed E-state index contributed by atoms with van der Waals surface area (Å²) in [7, 11) is 3.65. The Morgan fingerprint density at radius 3 is 2.77 bits per heavy atom. The van der Waals surface area contributed by atoms with Gasteiger partial charge in [-0.2, -0.15) is 5.26 Å². The van der Waals surface area contributed by atoms with Crippen LogP contribution in [0, 0.1) is 17.2 Å². The average Bonchev–Trinajstić information content (AvgIpc) is 2.66. The van der Waals surface area contributed by atoms with Gasteiger partial charge in [-0.05, 0) is 31.5 Å². The van der Waals surface area contributed by atoms with Gasteiger partial charge in [0.25, 0.3) is 0 Å². The minimum absolute atomic E-state index is 0.0203. The molecule has 0 unspecified atom stereocenters. The van der Waals surface area contributed by atoms with Crippen molar-refractivity contribution >= 4 is 22.6 Å². The van der Waals surface area contributed by atoms with Crippen LogP contribution in [-0.2, 0) is 4.79 Å². The van der Waals surface area contributed by atoms with Crippen LogP contribution in [0.2, 0.25) is 0 Å². The van der Waals surface area contributed by atoms with Crippen molar-refractivity contribution in [2.75, 3.05) is 38.6 Å². The number of aromatic nitrogens is 2. The van der Waals surface area contributed by atoms with Crippen molar-refractivity contribution in [3.8, 4) is 6.07 Å². The zero-order valence-electron chi connectivity index (χ0n) is 15.4. The van der Waals surface area contributed by atoms with Gasteiger partial charge in [-0.3, -0.25) is 19.7 Å². The Hall–Kier alpha value is -2.72. The summed E-state index contributed by atoms with van der Waals surface area (Å²) in [5, 5.41) is 12.0. The van der Waals surface area contributed by atoms with E-state index in [0.717, 1.165) is 30.7 Å². The Bertz CT molecular complexity index is 846. The van der Waals surface area contributed by atoms with E-state index in [1.54, 1.807) is 19.4 Å². The molecule has 136 valence electrons. The van der Waals surface area contributed by atoms with E-state index in [1.807, 2.05) is 19.2 Å². The highest BCUT2D eigenvalue weighted by atomic mass is 16.1. The molecule has 0 radical (unpaired) electrons. The van der Waals surface area contributed by atoms with E-state index >= 15 is 0 Å². The van der Waals surface area contributed by atoms with E-state index in [-0.39, 0.29) is 11.9 Å². The molecule has 0 spiro atoms. The van der Waals surface area contributed by atoms with Crippen LogP contribution in [0.4, 0.5) is 5.69 Å². The largest absolute Gasteiger partial charge is 0.368 e. The number of nitrogens with zero attached hydrogens (tertiary/aromatic N) is 5. The van der Waals surface area contributed by atoms with Crippen LogP contribution in [-0.4, -0.2) is 60.5 Å². The molecule has 2 heterocycles. The zero-order valence-corrected chi connectivity index (χ0v) is 15.4. The number of rotatable bonds is 4. The number of likely N-dealkylation sites (N-methyl/N-ethyl adjacent to an activating group) is 2. The molecule has 7 nitrogen and oxygen atoms in total. The van der Waals surface area contributed by atoms with Gasteiger partial charge in [0.1, 0.15) is 17.1 Å². The highest BCUT2D eigenvalue weighted by Crippen LogP contribution is 2.30. The highest BCUT2D eigenvalue weighted by molar-refractivity contribution is 5.92. The molecular formula is C19H24N6O. The predicted molar refractivity (Wildman–Crippen MR) is 101 cm³/mol. The van der Waals surface area contributed by atoms with Crippen LogP contribution in [0.15, 0.2) is 24.5 Å². The Kier molecular flexibility index (Phi) is 5.33. The first-order valence-corrected chi connectivity index (χ1v) is 8.83. The Balaban J connectivity index is 1.90. The number of hydrogen-bond donors (Lipinski definition) is 1. The van der Waals surface area contributed by atoms with Crippen molar-refractivity contribution in [3.63, 3.8) is 0 Å². The molecule has 1 aliphatic rings. The summed E-state index contributed by atoms with van der Waals surface area (Å²) in [5.41, 5.74) is 2.93. The van der Waals surface area contributed by atoms with Gasteiger partial charge in [0.2, 0.25) is 5.91 Å². The molecule has 0 saturated carbocycles. The molecule has 0 aliphatic carbocycles. The molecule has 0 bridgehead atoms. The lowest BCUT2D eigenvalue weighted by Crippen LogP contribution is -2.51. The van der Waals surface area contributed by atoms with Crippen LogP contribution in [0.25, 0.3) is 11.0 Å². The fraction of sp³-hybridized carbons (Fsp3) is 0.474. The SMILES string of the molecule is CNC(=O)CN(C)[C@@H]1C[C@H](C)CN(c2ccc(C#N)c3nccnc23)C1. The molecular weight excluding hydrogens is 328 g/mol. The number of piperidine rings is 1. The fourth-order valence-electron chi connectivity index (χ4n) is 3.66. The molecule has 1 saturated heterocycles. The number of carbonyl (C=O) groups is 1. The smallest absolute Gasteiger partial charge is 0.233 e. The van der Waals surface area contributed by atoms with Gasteiger partial charge >= 0.3 is 0 Å². The second-order valence-corrected chi connectivity index (χ2v) is 6.99. The van der Waals surface area contributed by atoms with Crippen molar-refractivity contribution in [2.24, 2.45) is 5.92 Å². The van der Waals surface area contributed by atoms with Crippen LogP contribution in [0.3, 0.4) is 0 Å². The summed E-state index contributed by atoms with van der Waals surface area (Å²) in [6.07, 6.45) is 4.32. The van der Waals surface area contributed by atoms with Crippen molar-refractivity contribution in [3.05, 3.63) is 30.1 Å². The number of hydrogen-bond acceptors (Lipinski definition) is 6. The number of fused-ring (bicyclic) bond motifs is 1. The Morgan fingerprint density at radius 1 is 1.35 bits per heavy atom. The third-order valence-electron chi connectivity index (χ3n) is 5.00. The van der Waals surface area contributed by atoms with Crippen molar-refractivity contribution in [1.82, 2.24) is 20.2 Å². The standard InChI is InChI=1S/C19H24N6O/c1-13-8-15(24(3)12-17(26)21-2)11-25(10-13)16-5-4-14(9-20)18-19(16)23-7-6-22-18/h4-7,13,15H,8,10-12H2,1-3H3,(H,21,26)/t13-,15+/m0/s1. The lowest BCUT2D eigenvalue weighted by molar-refractivity contribution is -0.122. The maximum Gasteiger partial charge on any atom is 0.233 e. The minimum atomic E-state index is 0.0203. The summed E-state index contributed by atoms with van der Waals surface area (Å²) >= 11 is 0. The van der Waals surface area contributed by atoms with E-state index in [9.17, 15) is 10.1 Å². The molecule has 7 heteroatoms. The van der Waals surface area contributed by atoms with Crippen LogP contribution < -0.4 is 10.2 Å². The number of nitrogens with one attached hydrogen (secondary N) is 1. The lowest BCUT2D eigenvalue weighted by atomic mass is 9.94. The van der Waals surface area contributed by atoms with Gasteiger partial charge in [0, 0.05) is 38.6 Å². The topological polar surface area (TPSA) is 85.2 Å². The number of anilines is 1. The number of amides is 1. The Morgan fingerprint density at radius 2 is 2.08 bits per heavy atom. The van der Waals surface area contributed by atoms with Crippen molar-refractivity contribution in [1.29, 1.82) is 5.26 Å². The molecule has 1 aliphatic heterocycles. The maximum absolute atomic E-state index is 11.7. The van der Waals surface area contributed by atoms with Gasteiger partial charge in [0.15, 0.2) is 0 Å². The third kappa shape index (κ3) is 3.60.